The van der Waals surface area contributed by atoms with Gasteiger partial charge in [-0.25, -0.2) is 4.79 Å². The second-order valence-corrected chi connectivity index (χ2v) is 6.97. The Balaban J connectivity index is 2.22. The Kier molecular flexibility index (Phi) is 5.84. The number of carboxylic acid groups (broad SMARTS) is 1. The summed E-state index contributed by atoms with van der Waals surface area (Å²) < 4.78 is 5.13. The van der Waals surface area contributed by atoms with Crippen LogP contribution in [-0.4, -0.2) is 22.3 Å². The summed E-state index contributed by atoms with van der Waals surface area (Å²) >= 11 is 0. The molecule has 0 bridgehead atoms. The third-order valence-corrected chi connectivity index (χ3v) is 5.29. The maximum atomic E-state index is 11.3. The van der Waals surface area contributed by atoms with E-state index in [0.717, 1.165) is 24.8 Å². The monoisotopic (exact) mass is 330 g/mol. The van der Waals surface area contributed by atoms with E-state index in [0.29, 0.717) is 5.57 Å². The zero-order valence-electron chi connectivity index (χ0n) is 14.4. The van der Waals surface area contributed by atoms with Gasteiger partial charge in [-0.3, -0.25) is 0 Å². The summed E-state index contributed by atoms with van der Waals surface area (Å²) in [5.41, 5.74) is 1.68. The largest absolute Gasteiger partial charge is 0.478 e. The highest BCUT2D eigenvalue weighted by Gasteiger charge is 2.35. The zero-order valence-corrected chi connectivity index (χ0v) is 14.4. The van der Waals surface area contributed by atoms with E-state index < -0.39 is 12.1 Å². The molecule has 0 aliphatic heterocycles. The number of rotatable bonds is 4. The van der Waals surface area contributed by atoms with Crippen LogP contribution in [0, 0.1) is 11.3 Å². The molecule has 0 spiro atoms. The number of hydrogen-bond acceptors (Lipinski definition) is 3. The molecule has 0 saturated carbocycles. The van der Waals surface area contributed by atoms with Gasteiger partial charge in [0.05, 0.1) is 24.2 Å². The lowest BCUT2D eigenvalue weighted by molar-refractivity contribution is -0.132. The number of aryl methyl sites for hydroxylation is 1. The van der Waals surface area contributed by atoms with Crippen molar-refractivity contribution in [3.63, 3.8) is 0 Å². The van der Waals surface area contributed by atoms with Gasteiger partial charge in [0.25, 0.3) is 0 Å². The highest BCUT2D eigenvalue weighted by atomic mass is 16.4. The lowest BCUT2D eigenvalue weighted by atomic mass is 9.68. The smallest absolute Gasteiger partial charge is 0.335 e. The molecule has 0 amide bonds. The van der Waals surface area contributed by atoms with Crippen LogP contribution in [0.3, 0.4) is 0 Å². The molecule has 3 atom stereocenters. The third-order valence-electron chi connectivity index (χ3n) is 5.29. The molecule has 0 aromatic carbocycles. The first-order valence-electron chi connectivity index (χ1n) is 8.31. The van der Waals surface area contributed by atoms with Gasteiger partial charge in [0.15, 0.2) is 0 Å². The summed E-state index contributed by atoms with van der Waals surface area (Å²) in [6, 6.07) is 1.96. The van der Waals surface area contributed by atoms with E-state index in [1.54, 1.807) is 24.7 Å². The SMILES string of the molecule is C=C1C[C@@H](O)[C@H](C)[C@](C)(CCc2ccoc2)C/C=C\C=C/1C(=O)O. The summed E-state index contributed by atoms with van der Waals surface area (Å²) in [5, 5.41) is 19.9. The van der Waals surface area contributed by atoms with Gasteiger partial charge in [0, 0.05) is 0 Å². The van der Waals surface area contributed by atoms with Crippen molar-refractivity contribution in [3.8, 4) is 0 Å². The highest BCUT2D eigenvalue weighted by molar-refractivity contribution is 5.91. The Hall–Kier alpha value is -2.07. The molecule has 2 rings (SSSR count). The molecule has 130 valence electrons. The lowest BCUT2D eigenvalue weighted by Gasteiger charge is -2.38. The Morgan fingerprint density at radius 2 is 2.25 bits per heavy atom. The fourth-order valence-corrected chi connectivity index (χ4v) is 3.23. The van der Waals surface area contributed by atoms with Crippen molar-refractivity contribution in [2.45, 2.75) is 45.6 Å². The minimum absolute atomic E-state index is 0.0129. The minimum Gasteiger partial charge on any atom is -0.478 e. The first-order valence-corrected chi connectivity index (χ1v) is 8.31. The van der Waals surface area contributed by atoms with E-state index in [1.807, 2.05) is 19.1 Å². The standard InChI is InChI=1S/C20H26O4/c1-14-12-18(21)15(2)20(3,10-7-16-8-11-24-13-16)9-5-4-6-17(14)19(22)23/h4-6,8,11,13,15,18,21H,1,7,9-10,12H2,2-3H3,(H,22,23)/b5-4-,17-6+/t15-,18+,20-/m0/s1. The topological polar surface area (TPSA) is 70.7 Å². The minimum atomic E-state index is -1.01. The Labute approximate surface area is 143 Å². The lowest BCUT2D eigenvalue weighted by Crippen LogP contribution is -2.35. The second kappa shape index (κ2) is 7.67. The van der Waals surface area contributed by atoms with Gasteiger partial charge >= 0.3 is 5.97 Å². The maximum absolute atomic E-state index is 11.3. The van der Waals surface area contributed by atoms with Crippen molar-refractivity contribution in [2.24, 2.45) is 11.3 Å². The van der Waals surface area contributed by atoms with Crippen molar-refractivity contribution in [1.82, 2.24) is 0 Å². The Bertz CT molecular complexity index is 639. The molecular weight excluding hydrogens is 304 g/mol. The van der Waals surface area contributed by atoms with Crippen molar-refractivity contribution in [2.75, 3.05) is 0 Å². The number of carboxylic acids is 1. The van der Waals surface area contributed by atoms with Crippen molar-refractivity contribution >= 4 is 5.97 Å². The van der Waals surface area contributed by atoms with Crippen LogP contribution in [0.1, 0.15) is 38.7 Å². The van der Waals surface area contributed by atoms with E-state index >= 15 is 0 Å². The molecule has 0 unspecified atom stereocenters. The average molecular weight is 330 g/mol. The van der Waals surface area contributed by atoms with Crippen LogP contribution >= 0.6 is 0 Å². The molecule has 1 aromatic rings. The number of hydrogen-bond donors (Lipinski definition) is 2. The van der Waals surface area contributed by atoms with Crippen LogP contribution in [0.5, 0.6) is 0 Å². The van der Waals surface area contributed by atoms with Crippen LogP contribution < -0.4 is 0 Å². The first kappa shape index (κ1) is 18.3. The van der Waals surface area contributed by atoms with Gasteiger partial charge in [-0.05, 0) is 60.3 Å². The molecule has 0 radical (unpaired) electrons. The summed E-state index contributed by atoms with van der Waals surface area (Å²) in [4.78, 5) is 11.3. The molecule has 2 N–H and O–H groups in total. The Morgan fingerprint density at radius 1 is 1.50 bits per heavy atom. The zero-order chi connectivity index (χ0) is 17.7. The fraction of sp³-hybridized carbons (Fsp3) is 0.450. The quantitative estimate of drug-likeness (QED) is 0.870. The molecule has 24 heavy (non-hydrogen) atoms. The average Bonchev–Trinajstić information content (AvgIpc) is 3.04. The first-order chi connectivity index (χ1) is 11.3. The number of aliphatic hydroxyl groups excluding tert-OH is 1. The molecule has 0 saturated heterocycles. The van der Waals surface area contributed by atoms with Crippen LogP contribution in [0.2, 0.25) is 0 Å². The molecule has 4 heteroatoms. The maximum Gasteiger partial charge on any atom is 0.335 e. The number of aliphatic hydroxyl groups is 1. The van der Waals surface area contributed by atoms with Gasteiger partial charge < -0.3 is 14.6 Å². The van der Waals surface area contributed by atoms with E-state index in [-0.39, 0.29) is 23.3 Å². The summed E-state index contributed by atoms with van der Waals surface area (Å²) in [7, 11) is 0. The number of carbonyl (C=O) groups is 1. The van der Waals surface area contributed by atoms with E-state index in [9.17, 15) is 15.0 Å². The molecule has 0 fully saturated rings. The summed E-state index contributed by atoms with van der Waals surface area (Å²) in [6.45, 7) is 8.07. The fourth-order valence-electron chi connectivity index (χ4n) is 3.23. The molecule has 1 heterocycles. The summed E-state index contributed by atoms with van der Waals surface area (Å²) in [6.07, 6.45) is 11.0. The van der Waals surface area contributed by atoms with E-state index in [2.05, 4.69) is 13.5 Å². The summed E-state index contributed by atoms with van der Waals surface area (Å²) in [5.74, 6) is -0.994. The van der Waals surface area contributed by atoms with Crippen LogP contribution in [0.25, 0.3) is 0 Å². The highest BCUT2D eigenvalue weighted by Crippen LogP contribution is 2.40. The van der Waals surface area contributed by atoms with Crippen LogP contribution in [0.4, 0.5) is 0 Å². The molecular formula is C20H26O4. The van der Waals surface area contributed by atoms with Crippen LogP contribution in [-0.2, 0) is 11.2 Å². The van der Waals surface area contributed by atoms with Crippen molar-refractivity contribution in [3.05, 3.63) is 60.1 Å². The van der Waals surface area contributed by atoms with Crippen molar-refractivity contribution < 1.29 is 19.4 Å². The Morgan fingerprint density at radius 3 is 2.88 bits per heavy atom. The molecule has 1 aromatic heterocycles. The van der Waals surface area contributed by atoms with Crippen molar-refractivity contribution in [1.29, 1.82) is 0 Å². The van der Waals surface area contributed by atoms with Gasteiger partial charge in [0.1, 0.15) is 0 Å². The predicted octanol–water partition coefficient (Wildman–Crippen LogP) is 4.13. The number of aliphatic carboxylic acids is 1. The number of furan rings is 1. The predicted molar refractivity (Wildman–Crippen MR) is 93.5 cm³/mol. The normalized spacial score (nSPS) is 32.0. The van der Waals surface area contributed by atoms with Gasteiger partial charge in [-0.1, -0.05) is 32.6 Å². The molecule has 1 aliphatic rings. The van der Waals surface area contributed by atoms with E-state index in [1.165, 1.54) is 0 Å². The molecule has 1 aliphatic carbocycles. The third kappa shape index (κ3) is 4.26. The second-order valence-electron chi connectivity index (χ2n) is 6.97. The van der Waals surface area contributed by atoms with Crippen LogP contribution in [0.15, 0.2) is 59.0 Å². The van der Waals surface area contributed by atoms with Gasteiger partial charge in [0.2, 0.25) is 0 Å². The van der Waals surface area contributed by atoms with Gasteiger partial charge in [-0.15, -0.1) is 0 Å². The van der Waals surface area contributed by atoms with E-state index in [4.69, 9.17) is 4.42 Å². The number of allylic oxidation sites excluding steroid dienone is 3. The van der Waals surface area contributed by atoms with Gasteiger partial charge in [-0.2, -0.15) is 0 Å². The molecule has 4 nitrogen and oxygen atoms in total.